The second-order valence-corrected chi connectivity index (χ2v) is 4.50. The van der Waals surface area contributed by atoms with Gasteiger partial charge in [-0.05, 0) is 46.9 Å². The summed E-state index contributed by atoms with van der Waals surface area (Å²) in [6.07, 6.45) is 10.4. The van der Waals surface area contributed by atoms with Crippen LogP contribution in [0, 0.1) is 0 Å². The molecule has 2 aliphatic rings. The first-order valence-corrected chi connectivity index (χ1v) is 5.84. The van der Waals surface area contributed by atoms with Crippen LogP contribution in [-0.4, -0.2) is 5.01 Å². The van der Waals surface area contributed by atoms with Gasteiger partial charge in [0.1, 0.15) is 3.70 Å². The number of fused-ring (bicyclic) bond motifs is 3. The molecule has 0 amide bonds. The zero-order valence-corrected chi connectivity index (χ0v) is 10.1. The molecule has 0 aliphatic carbocycles. The molecule has 1 aromatic carbocycles. The lowest BCUT2D eigenvalue weighted by molar-refractivity contribution is 0.499. The second-order valence-electron chi connectivity index (χ2n) is 3.40. The molecule has 15 heavy (non-hydrogen) atoms. The lowest BCUT2D eigenvalue weighted by Crippen LogP contribution is -2.36. The number of para-hydroxylation sites is 1. The monoisotopic (exact) mass is 308 g/mol. The lowest BCUT2D eigenvalue weighted by atomic mass is 10.1. The van der Waals surface area contributed by atoms with Crippen molar-refractivity contribution in [3.8, 4) is 0 Å². The van der Waals surface area contributed by atoms with Crippen molar-refractivity contribution >= 4 is 34.4 Å². The van der Waals surface area contributed by atoms with E-state index >= 15 is 0 Å². The zero-order valence-electron chi connectivity index (χ0n) is 7.97. The summed E-state index contributed by atoms with van der Waals surface area (Å²) in [5.41, 5.74) is 2.48. The number of halogens is 1. The van der Waals surface area contributed by atoms with Crippen molar-refractivity contribution in [2.45, 2.75) is 0 Å². The minimum Gasteiger partial charge on any atom is -0.256 e. The van der Waals surface area contributed by atoms with Gasteiger partial charge < -0.3 is 0 Å². The largest absolute Gasteiger partial charge is 0.256 e. The second kappa shape index (κ2) is 3.41. The van der Waals surface area contributed by atoms with Gasteiger partial charge in [0.25, 0.3) is 0 Å². The molecule has 2 nitrogen and oxygen atoms in total. The summed E-state index contributed by atoms with van der Waals surface area (Å²) in [5.74, 6) is 0. The van der Waals surface area contributed by atoms with E-state index < -0.39 is 0 Å². The van der Waals surface area contributed by atoms with Crippen molar-refractivity contribution in [3.05, 3.63) is 58.1 Å². The first kappa shape index (κ1) is 9.03. The maximum Gasteiger partial charge on any atom is 0.102 e. The molecule has 3 heteroatoms. The average Bonchev–Trinajstić information content (AvgIpc) is 2.30. The number of hydrogen-bond donors (Lipinski definition) is 0. The molecule has 1 aromatic rings. The Balaban J connectivity index is 2.20. The molecule has 0 spiro atoms. The number of hydrazine groups is 1. The molecule has 0 fully saturated rings. The third-order valence-electron chi connectivity index (χ3n) is 2.47. The maximum absolute atomic E-state index is 2.35. The standard InChI is InChI=1S/C12H9IN2/c13-12-9-10-5-1-2-6-11(10)14-7-3-4-8-15(12)14/h1-9H. The quantitative estimate of drug-likeness (QED) is 0.535. The predicted octanol–water partition coefficient (Wildman–Crippen LogP) is 3.50. The van der Waals surface area contributed by atoms with E-state index in [9.17, 15) is 0 Å². The van der Waals surface area contributed by atoms with Crippen LogP contribution in [0.15, 0.2) is 52.5 Å². The van der Waals surface area contributed by atoms with E-state index in [4.69, 9.17) is 0 Å². The van der Waals surface area contributed by atoms with Crippen molar-refractivity contribution < 1.29 is 0 Å². The fourth-order valence-electron chi connectivity index (χ4n) is 1.79. The molecular formula is C12H9IN2. The Morgan fingerprint density at radius 2 is 1.67 bits per heavy atom. The Morgan fingerprint density at radius 1 is 0.933 bits per heavy atom. The van der Waals surface area contributed by atoms with E-state index in [2.05, 4.69) is 75.4 Å². The van der Waals surface area contributed by atoms with E-state index in [1.54, 1.807) is 0 Å². The van der Waals surface area contributed by atoms with E-state index in [1.807, 2.05) is 12.2 Å². The highest BCUT2D eigenvalue weighted by Crippen LogP contribution is 2.35. The summed E-state index contributed by atoms with van der Waals surface area (Å²) in [4.78, 5) is 0. The smallest absolute Gasteiger partial charge is 0.102 e. The van der Waals surface area contributed by atoms with Gasteiger partial charge in [-0.15, -0.1) is 0 Å². The van der Waals surface area contributed by atoms with Gasteiger partial charge in [0, 0.05) is 18.0 Å². The topological polar surface area (TPSA) is 6.48 Å². The van der Waals surface area contributed by atoms with Crippen LogP contribution in [0.3, 0.4) is 0 Å². The molecule has 74 valence electrons. The number of anilines is 1. The molecule has 0 bridgehead atoms. The number of rotatable bonds is 0. The van der Waals surface area contributed by atoms with Crippen molar-refractivity contribution in [1.82, 2.24) is 5.01 Å². The van der Waals surface area contributed by atoms with Gasteiger partial charge in [0.05, 0.1) is 5.69 Å². The van der Waals surface area contributed by atoms with Crippen LogP contribution in [0.25, 0.3) is 6.08 Å². The van der Waals surface area contributed by atoms with Crippen LogP contribution in [0.1, 0.15) is 5.56 Å². The van der Waals surface area contributed by atoms with Crippen LogP contribution in [0.4, 0.5) is 5.69 Å². The van der Waals surface area contributed by atoms with Crippen LogP contribution in [0.2, 0.25) is 0 Å². The first-order valence-electron chi connectivity index (χ1n) is 4.76. The molecule has 2 aliphatic heterocycles. The van der Waals surface area contributed by atoms with Crippen molar-refractivity contribution in [1.29, 1.82) is 0 Å². The Kier molecular flexibility index (Phi) is 2.05. The lowest BCUT2D eigenvalue weighted by Gasteiger charge is -2.38. The summed E-state index contributed by atoms with van der Waals surface area (Å²) in [6, 6.07) is 8.40. The Bertz CT molecular complexity index is 488. The normalized spacial score (nSPS) is 17.3. The third kappa shape index (κ3) is 1.38. The zero-order chi connectivity index (χ0) is 10.3. The van der Waals surface area contributed by atoms with E-state index in [-0.39, 0.29) is 0 Å². The highest BCUT2D eigenvalue weighted by molar-refractivity contribution is 14.1. The van der Waals surface area contributed by atoms with Gasteiger partial charge in [-0.2, -0.15) is 0 Å². The van der Waals surface area contributed by atoms with Crippen molar-refractivity contribution in [3.63, 3.8) is 0 Å². The van der Waals surface area contributed by atoms with Crippen LogP contribution >= 0.6 is 22.6 Å². The highest BCUT2D eigenvalue weighted by atomic mass is 127. The summed E-state index contributed by atoms with van der Waals surface area (Å²) in [5, 5.41) is 4.28. The molecule has 0 radical (unpaired) electrons. The molecule has 0 atom stereocenters. The molecular weight excluding hydrogens is 299 g/mol. The predicted molar refractivity (Wildman–Crippen MR) is 71.0 cm³/mol. The molecule has 0 N–H and O–H groups in total. The fraction of sp³-hybridized carbons (Fsp3) is 0. The third-order valence-corrected chi connectivity index (χ3v) is 3.28. The molecule has 0 saturated heterocycles. The maximum atomic E-state index is 2.35. The summed E-state index contributed by atoms with van der Waals surface area (Å²) < 4.78 is 1.20. The summed E-state index contributed by atoms with van der Waals surface area (Å²) in [7, 11) is 0. The van der Waals surface area contributed by atoms with Gasteiger partial charge in [0.15, 0.2) is 0 Å². The van der Waals surface area contributed by atoms with Crippen LogP contribution in [-0.2, 0) is 0 Å². The molecule has 0 saturated carbocycles. The van der Waals surface area contributed by atoms with Crippen molar-refractivity contribution in [2.75, 3.05) is 5.01 Å². The SMILES string of the molecule is IC1=Cc2ccccc2N2C=CC=CN12. The number of allylic oxidation sites excluding steroid dienone is 2. The average molecular weight is 308 g/mol. The molecule has 0 unspecified atom stereocenters. The number of benzene rings is 1. The fourth-order valence-corrected chi connectivity index (χ4v) is 2.52. The van der Waals surface area contributed by atoms with Crippen LogP contribution < -0.4 is 5.01 Å². The Hall–Kier alpha value is -1.23. The highest BCUT2D eigenvalue weighted by Gasteiger charge is 2.21. The van der Waals surface area contributed by atoms with Gasteiger partial charge in [0.2, 0.25) is 0 Å². The molecule has 2 heterocycles. The summed E-state index contributed by atoms with van der Waals surface area (Å²) >= 11 is 2.35. The Labute approximate surface area is 102 Å². The van der Waals surface area contributed by atoms with Gasteiger partial charge >= 0.3 is 0 Å². The van der Waals surface area contributed by atoms with Gasteiger partial charge in [-0.1, -0.05) is 18.2 Å². The van der Waals surface area contributed by atoms with E-state index in [0.717, 1.165) is 0 Å². The first-order chi connectivity index (χ1) is 7.36. The number of nitrogens with zero attached hydrogens (tertiary/aromatic N) is 2. The molecule has 3 rings (SSSR count). The molecule has 0 aromatic heterocycles. The van der Waals surface area contributed by atoms with Gasteiger partial charge in [-0.25, -0.2) is 0 Å². The van der Waals surface area contributed by atoms with Crippen molar-refractivity contribution in [2.24, 2.45) is 0 Å². The minimum atomic E-state index is 1.20. The minimum absolute atomic E-state index is 1.20. The summed E-state index contributed by atoms with van der Waals surface area (Å²) in [6.45, 7) is 0. The van der Waals surface area contributed by atoms with E-state index in [1.165, 1.54) is 15.0 Å². The van der Waals surface area contributed by atoms with Crippen LogP contribution in [0.5, 0.6) is 0 Å². The Morgan fingerprint density at radius 3 is 2.53 bits per heavy atom. The van der Waals surface area contributed by atoms with Gasteiger partial charge in [-0.3, -0.25) is 10.0 Å². The number of hydrogen-bond acceptors (Lipinski definition) is 2. The van der Waals surface area contributed by atoms with E-state index in [0.29, 0.717) is 0 Å².